The Balaban J connectivity index is 1.56. The van der Waals surface area contributed by atoms with E-state index in [-0.39, 0.29) is 16.7 Å². The lowest BCUT2D eigenvalue weighted by Crippen LogP contribution is -2.31. The predicted octanol–water partition coefficient (Wildman–Crippen LogP) is 6.14. The van der Waals surface area contributed by atoms with Gasteiger partial charge >= 0.3 is 0 Å². The summed E-state index contributed by atoms with van der Waals surface area (Å²) in [6.07, 6.45) is 2.46. The molecule has 1 fully saturated rings. The smallest absolute Gasteiger partial charge is 0.295 e. The maximum Gasteiger partial charge on any atom is 0.295 e. The zero-order valence-electron chi connectivity index (χ0n) is 22.1. The number of benzene rings is 3. The van der Waals surface area contributed by atoms with Gasteiger partial charge in [0, 0.05) is 29.2 Å². The Morgan fingerprint density at radius 2 is 1.71 bits per heavy atom. The van der Waals surface area contributed by atoms with Crippen LogP contribution in [0, 0.1) is 0 Å². The van der Waals surface area contributed by atoms with Crippen LogP contribution in [0.5, 0.6) is 5.75 Å². The number of aromatic amines is 1. The second kappa shape index (κ2) is 9.86. The van der Waals surface area contributed by atoms with Gasteiger partial charge in [-0.2, -0.15) is 0 Å². The van der Waals surface area contributed by atoms with Crippen molar-refractivity contribution in [2.75, 3.05) is 13.7 Å². The van der Waals surface area contributed by atoms with E-state index in [1.54, 1.807) is 36.3 Å². The molecular formula is C32H32N2O4. The lowest BCUT2D eigenvalue weighted by molar-refractivity contribution is -0.139. The number of amides is 1. The Hall–Kier alpha value is -4.32. The second-order valence-corrected chi connectivity index (χ2v) is 10.7. The van der Waals surface area contributed by atoms with E-state index in [9.17, 15) is 14.7 Å². The van der Waals surface area contributed by atoms with Gasteiger partial charge in [0.15, 0.2) is 0 Å². The van der Waals surface area contributed by atoms with Crippen molar-refractivity contribution in [1.29, 1.82) is 0 Å². The van der Waals surface area contributed by atoms with Crippen LogP contribution in [0.25, 0.3) is 16.7 Å². The lowest BCUT2D eigenvalue weighted by atomic mass is 9.85. The Kier molecular flexibility index (Phi) is 6.57. The van der Waals surface area contributed by atoms with Crippen molar-refractivity contribution in [2.24, 2.45) is 0 Å². The first-order valence-electron chi connectivity index (χ1n) is 12.8. The molecule has 1 unspecified atom stereocenters. The van der Waals surface area contributed by atoms with E-state index in [1.807, 2.05) is 54.7 Å². The summed E-state index contributed by atoms with van der Waals surface area (Å²) in [5.74, 6) is -0.685. The molecule has 6 nitrogen and oxygen atoms in total. The molecule has 194 valence electrons. The molecular weight excluding hydrogens is 476 g/mol. The highest BCUT2D eigenvalue weighted by Gasteiger charge is 2.46. The summed E-state index contributed by atoms with van der Waals surface area (Å²) in [4.78, 5) is 31.6. The monoisotopic (exact) mass is 508 g/mol. The number of hydrogen-bond acceptors (Lipinski definition) is 4. The molecule has 3 aromatic carbocycles. The number of Topliss-reactive ketones (excluding diaryl/α,β-unsaturated/α-hetero) is 1. The minimum Gasteiger partial charge on any atom is -0.507 e. The van der Waals surface area contributed by atoms with Crippen LogP contribution in [-0.4, -0.2) is 40.3 Å². The van der Waals surface area contributed by atoms with Crippen LogP contribution in [0.3, 0.4) is 0 Å². The third-order valence-electron chi connectivity index (χ3n) is 7.28. The van der Waals surface area contributed by atoms with Crippen molar-refractivity contribution in [1.82, 2.24) is 9.88 Å². The fraction of sp³-hybridized carbons (Fsp3) is 0.250. The standard InChI is InChI=1S/C32H32N2O4/c1-32(2,3)23-12-10-20(11-13-23)28-27(29(35)21-8-6-5-7-9-21)30(36)31(37)34(28)17-16-22-19-33-26-15-14-24(38-4)18-25(22)26/h5-15,18-19,28,33,35H,16-17H2,1-4H3/b29-27-. The molecule has 1 atom stereocenters. The molecule has 0 spiro atoms. The third kappa shape index (κ3) is 4.58. The number of aliphatic hydroxyl groups excluding tert-OH is 1. The van der Waals surface area contributed by atoms with Crippen molar-refractivity contribution in [3.8, 4) is 5.75 Å². The van der Waals surface area contributed by atoms with Crippen molar-refractivity contribution in [3.63, 3.8) is 0 Å². The number of carbonyl (C=O) groups is 2. The highest BCUT2D eigenvalue weighted by Crippen LogP contribution is 2.40. The van der Waals surface area contributed by atoms with Gasteiger partial charge in [-0.25, -0.2) is 0 Å². The number of ether oxygens (including phenoxy) is 1. The number of fused-ring (bicyclic) bond motifs is 1. The molecule has 0 aliphatic carbocycles. The van der Waals surface area contributed by atoms with Gasteiger partial charge in [-0.3, -0.25) is 9.59 Å². The molecule has 1 amide bonds. The first-order valence-corrected chi connectivity index (χ1v) is 12.8. The number of nitrogens with zero attached hydrogens (tertiary/aromatic N) is 1. The third-order valence-corrected chi connectivity index (χ3v) is 7.28. The maximum absolute atomic E-state index is 13.4. The maximum atomic E-state index is 13.4. The number of rotatable bonds is 6. The normalized spacial score (nSPS) is 17.4. The molecule has 4 aromatic rings. The van der Waals surface area contributed by atoms with E-state index in [1.165, 1.54) is 0 Å². The second-order valence-electron chi connectivity index (χ2n) is 10.7. The van der Waals surface area contributed by atoms with Gasteiger partial charge in [0.1, 0.15) is 11.5 Å². The van der Waals surface area contributed by atoms with E-state index in [2.05, 4.69) is 25.8 Å². The number of aromatic nitrogens is 1. The summed E-state index contributed by atoms with van der Waals surface area (Å²) in [6, 6.07) is 22.0. The highest BCUT2D eigenvalue weighted by atomic mass is 16.5. The number of aliphatic hydroxyl groups is 1. The summed E-state index contributed by atoms with van der Waals surface area (Å²) in [5.41, 5.74) is 4.51. The summed E-state index contributed by atoms with van der Waals surface area (Å²) in [7, 11) is 1.63. The molecule has 1 aromatic heterocycles. The van der Waals surface area contributed by atoms with Crippen molar-refractivity contribution < 1.29 is 19.4 Å². The van der Waals surface area contributed by atoms with Crippen LogP contribution in [0.2, 0.25) is 0 Å². The van der Waals surface area contributed by atoms with Crippen molar-refractivity contribution >= 4 is 28.4 Å². The van der Waals surface area contributed by atoms with Gasteiger partial charge in [0.05, 0.1) is 18.7 Å². The molecule has 0 saturated carbocycles. The Morgan fingerprint density at radius 3 is 2.37 bits per heavy atom. The molecule has 1 aliphatic rings. The number of ketones is 1. The number of hydrogen-bond donors (Lipinski definition) is 2. The van der Waals surface area contributed by atoms with E-state index in [0.29, 0.717) is 18.5 Å². The lowest BCUT2D eigenvalue weighted by Gasteiger charge is -2.26. The molecule has 2 heterocycles. The van der Waals surface area contributed by atoms with Gasteiger partial charge in [0.2, 0.25) is 0 Å². The van der Waals surface area contributed by atoms with E-state index >= 15 is 0 Å². The number of carbonyl (C=O) groups excluding carboxylic acids is 2. The number of H-pyrrole nitrogens is 1. The molecule has 0 radical (unpaired) electrons. The van der Waals surface area contributed by atoms with E-state index in [4.69, 9.17) is 4.74 Å². The highest BCUT2D eigenvalue weighted by molar-refractivity contribution is 6.46. The first kappa shape index (κ1) is 25.3. The quantitative estimate of drug-likeness (QED) is 0.186. The number of likely N-dealkylation sites (tertiary alicyclic amines) is 1. The molecule has 5 rings (SSSR count). The molecule has 6 heteroatoms. The zero-order chi connectivity index (χ0) is 27.0. The van der Waals surface area contributed by atoms with Gasteiger partial charge in [-0.1, -0.05) is 75.4 Å². The van der Waals surface area contributed by atoms with Crippen LogP contribution in [0.4, 0.5) is 0 Å². The van der Waals surface area contributed by atoms with Gasteiger partial charge in [-0.05, 0) is 46.7 Å². The summed E-state index contributed by atoms with van der Waals surface area (Å²) >= 11 is 0. The topological polar surface area (TPSA) is 82.6 Å². The molecule has 0 bridgehead atoms. The Labute approximate surface area is 222 Å². The summed E-state index contributed by atoms with van der Waals surface area (Å²) < 4.78 is 5.39. The van der Waals surface area contributed by atoms with E-state index < -0.39 is 17.7 Å². The van der Waals surface area contributed by atoms with E-state index in [0.717, 1.165) is 33.3 Å². The van der Waals surface area contributed by atoms with Crippen molar-refractivity contribution in [2.45, 2.75) is 38.6 Å². The first-order chi connectivity index (χ1) is 18.2. The molecule has 1 aliphatic heterocycles. The Bertz CT molecular complexity index is 1530. The predicted molar refractivity (Wildman–Crippen MR) is 149 cm³/mol. The fourth-order valence-corrected chi connectivity index (χ4v) is 5.11. The SMILES string of the molecule is COc1ccc2[nH]cc(CCN3C(=O)C(=O)/C(=C(\O)c4ccccc4)C3c3ccc(C(C)(C)C)cc3)c2c1. The van der Waals surface area contributed by atoms with Gasteiger partial charge in [-0.15, -0.1) is 0 Å². The van der Waals surface area contributed by atoms with Gasteiger partial charge < -0.3 is 19.7 Å². The minimum absolute atomic E-state index is 0.0409. The average Bonchev–Trinajstić information content (AvgIpc) is 3.44. The molecule has 2 N–H and O–H groups in total. The fourth-order valence-electron chi connectivity index (χ4n) is 5.11. The van der Waals surface area contributed by atoms with Crippen LogP contribution in [0.1, 0.15) is 49.1 Å². The van der Waals surface area contributed by atoms with Crippen LogP contribution in [-0.2, 0) is 21.4 Å². The molecule has 1 saturated heterocycles. The average molecular weight is 509 g/mol. The summed E-state index contributed by atoms with van der Waals surface area (Å²) in [5, 5.41) is 12.3. The zero-order valence-corrected chi connectivity index (χ0v) is 22.1. The van der Waals surface area contributed by atoms with Crippen LogP contribution >= 0.6 is 0 Å². The summed E-state index contributed by atoms with van der Waals surface area (Å²) in [6.45, 7) is 6.73. The largest absolute Gasteiger partial charge is 0.507 e. The Morgan fingerprint density at radius 1 is 1.00 bits per heavy atom. The van der Waals surface area contributed by atoms with Gasteiger partial charge in [0.25, 0.3) is 11.7 Å². The molecule has 38 heavy (non-hydrogen) atoms. The van der Waals surface area contributed by atoms with Crippen LogP contribution in [0.15, 0.2) is 84.6 Å². The number of nitrogens with one attached hydrogen (secondary N) is 1. The van der Waals surface area contributed by atoms with Crippen LogP contribution < -0.4 is 4.74 Å². The minimum atomic E-state index is -0.691. The van der Waals surface area contributed by atoms with Crippen molar-refractivity contribution in [3.05, 3.63) is 107 Å². The number of methoxy groups -OCH3 is 1.